The fourth-order valence-corrected chi connectivity index (χ4v) is 0.525. The molecule has 0 aliphatic rings. The van der Waals surface area contributed by atoms with E-state index in [1.54, 1.807) is 0 Å². The maximum absolute atomic E-state index is 10.8. The molecule has 0 aliphatic carbocycles. The van der Waals surface area contributed by atoms with Gasteiger partial charge in [0, 0.05) is 0 Å². The van der Waals surface area contributed by atoms with Crippen LogP contribution in [0, 0.1) is 0 Å². The molecule has 0 aliphatic heterocycles. The van der Waals surface area contributed by atoms with Gasteiger partial charge in [-0.25, -0.2) is 0 Å². The molecule has 0 radical (unpaired) electrons. The van der Waals surface area contributed by atoms with E-state index < -0.39 is 18.0 Å². The lowest BCUT2D eigenvalue weighted by Gasteiger charge is -2.16. The van der Waals surface area contributed by atoms with Gasteiger partial charge in [-0.3, -0.25) is 9.63 Å². The smallest absolute Gasteiger partial charge is 0.266 e. The Hall–Kier alpha value is -0.320. The van der Waals surface area contributed by atoms with Crippen molar-refractivity contribution < 1.29 is 14.7 Å². The van der Waals surface area contributed by atoms with Gasteiger partial charge in [-0.05, 0) is 6.92 Å². The second kappa shape index (κ2) is 4.49. The summed E-state index contributed by atoms with van der Waals surface area (Å²) in [6, 6.07) is 0. The molecule has 60 valence electrons. The fraction of sp³-hybridized carbons (Fsp3) is 0.800. The number of aliphatic hydroxyl groups is 1. The Kier molecular flexibility index (Phi) is 4.34. The normalized spacial score (nSPS) is 12.8. The highest BCUT2D eigenvalue weighted by molar-refractivity contribution is 6.30. The van der Waals surface area contributed by atoms with E-state index in [9.17, 15) is 4.79 Å². The Morgan fingerprint density at radius 3 is 2.50 bits per heavy atom. The highest BCUT2D eigenvalue weighted by Crippen LogP contribution is 1.99. The molecule has 0 heterocycles. The number of amides is 1. The number of hydroxylamine groups is 2. The van der Waals surface area contributed by atoms with Crippen LogP contribution in [0.2, 0.25) is 0 Å². The minimum Gasteiger partial charge on any atom is -0.374 e. The quantitative estimate of drug-likeness (QED) is 0.364. The summed E-state index contributed by atoms with van der Waals surface area (Å²) in [6.45, 7) is 1.03. The average molecular weight is 168 g/mol. The Morgan fingerprint density at radius 2 is 2.40 bits per heavy atom. The zero-order valence-corrected chi connectivity index (χ0v) is 6.63. The summed E-state index contributed by atoms with van der Waals surface area (Å²) in [6.07, 6.45) is 0. The minimum atomic E-state index is -0.674. The summed E-state index contributed by atoms with van der Waals surface area (Å²) in [5.41, 5.74) is 0. The van der Waals surface area contributed by atoms with Crippen molar-refractivity contribution >= 4 is 17.5 Å². The van der Waals surface area contributed by atoms with E-state index in [4.69, 9.17) is 16.7 Å². The first-order chi connectivity index (χ1) is 4.63. The van der Waals surface area contributed by atoms with Crippen LogP contribution in [-0.2, 0) is 9.63 Å². The van der Waals surface area contributed by atoms with Crippen LogP contribution in [0.5, 0.6) is 0 Å². The van der Waals surface area contributed by atoms with Crippen molar-refractivity contribution in [1.29, 1.82) is 0 Å². The van der Waals surface area contributed by atoms with Crippen molar-refractivity contribution in [3.8, 4) is 0 Å². The molecule has 1 unspecified atom stereocenters. The molecule has 1 amide bonds. The number of halogens is 1. The molecule has 5 heteroatoms. The van der Waals surface area contributed by atoms with E-state index in [1.807, 2.05) is 0 Å². The zero-order chi connectivity index (χ0) is 8.15. The van der Waals surface area contributed by atoms with Crippen LogP contribution in [0.4, 0.5) is 0 Å². The SMILES string of the molecule is CON(CO)C(=O)C(C)Cl. The molecule has 4 nitrogen and oxygen atoms in total. The highest BCUT2D eigenvalue weighted by atomic mass is 35.5. The topological polar surface area (TPSA) is 49.8 Å². The molecule has 0 aromatic heterocycles. The molecular formula is C5H10ClNO3. The van der Waals surface area contributed by atoms with Gasteiger partial charge in [-0.1, -0.05) is 0 Å². The van der Waals surface area contributed by atoms with Crippen molar-refractivity contribution in [1.82, 2.24) is 5.06 Å². The van der Waals surface area contributed by atoms with E-state index in [0.29, 0.717) is 0 Å². The van der Waals surface area contributed by atoms with E-state index in [2.05, 4.69) is 4.84 Å². The number of carbonyl (C=O) groups is 1. The van der Waals surface area contributed by atoms with Crippen LogP contribution >= 0.6 is 11.6 Å². The van der Waals surface area contributed by atoms with Crippen LogP contribution in [-0.4, -0.2) is 35.3 Å². The molecule has 1 atom stereocenters. The third-order valence-corrected chi connectivity index (χ3v) is 1.12. The monoisotopic (exact) mass is 167 g/mol. The predicted octanol–water partition coefficient (Wildman–Crippen LogP) is -0.0465. The number of rotatable bonds is 3. The number of aliphatic hydroxyl groups excluding tert-OH is 1. The van der Waals surface area contributed by atoms with Gasteiger partial charge in [0.2, 0.25) is 0 Å². The van der Waals surface area contributed by atoms with Crippen LogP contribution < -0.4 is 0 Å². The van der Waals surface area contributed by atoms with E-state index in [1.165, 1.54) is 14.0 Å². The molecule has 0 rings (SSSR count). The molecule has 0 aromatic carbocycles. The van der Waals surface area contributed by atoms with Gasteiger partial charge in [0.1, 0.15) is 12.1 Å². The van der Waals surface area contributed by atoms with Crippen molar-refractivity contribution in [2.75, 3.05) is 13.8 Å². The van der Waals surface area contributed by atoms with Gasteiger partial charge in [0.05, 0.1) is 7.11 Å². The van der Waals surface area contributed by atoms with Crippen LogP contribution in [0.15, 0.2) is 0 Å². The van der Waals surface area contributed by atoms with Crippen LogP contribution in [0.1, 0.15) is 6.92 Å². The van der Waals surface area contributed by atoms with E-state index in [-0.39, 0.29) is 0 Å². The van der Waals surface area contributed by atoms with Crippen LogP contribution in [0.25, 0.3) is 0 Å². The maximum Gasteiger partial charge on any atom is 0.266 e. The third kappa shape index (κ3) is 2.51. The van der Waals surface area contributed by atoms with Gasteiger partial charge in [-0.15, -0.1) is 11.6 Å². The summed E-state index contributed by atoms with van der Waals surface area (Å²) in [5, 5.41) is 8.57. The average Bonchev–Trinajstić information content (AvgIpc) is 1.90. The molecule has 0 spiro atoms. The highest BCUT2D eigenvalue weighted by Gasteiger charge is 2.16. The summed E-state index contributed by atoms with van der Waals surface area (Å²) in [4.78, 5) is 15.3. The molecule has 0 saturated heterocycles. The summed E-state index contributed by atoms with van der Waals surface area (Å²) >= 11 is 5.40. The van der Waals surface area contributed by atoms with Crippen molar-refractivity contribution in [3.63, 3.8) is 0 Å². The minimum absolute atomic E-state index is 0.452. The van der Waals surface area contributed by atoms with Crippen molar-refractivity contribution in [2.45, 2.75) is 12.3 Å². The molecule has 0 aromatic rings. The summed E-state index contributed by atoms with van der Waals surface area (Å²) in [7, 11) is 1.29. The molecule has 0 fully saturated rings. The van der Waals surface area contributed by atoms with E-state index in [0.717, 1.165) is 5.06 Å². The molecule has 10 heavy (non-hydrogen) atoms. The first kappa shape index (κ1) is 9.68. The molecule has 1 N–H and O–H groups in total. The molecule has 0 bridgehead atoms. The van der Waals surface area contributed by atoms with Gasteiger partial charge < -0.3 is 5.11 Å². The van der Waals surface area contributed by atoms with Gasteiger partial charge in [0.25, 0.3) is 5.91 Å². The lowest BCUT2D eigenvalue weighted by molar-refractivity contribution is -0.192. The Labute approximate surface area is 64.3 Å². The first-order valence-corrected chi connectivity index (χ1v) is 3.17. The number of alkyl halides is 1. The standard InChI is InChI=1S/C5H10ClNO3/c1-4(6)5(9)7(3-8)10-2/h4,8H,3H2,1-2H3. The maximum atomic E-state index is 10.8. The van der Waals surface area contributed by atoms with Gasteiger partial charge >= 0.3 is 0 Å². The Morgan fingerprint density at radius 1 is 1.90 bits per heavy atom. The molecular weight excluding hydrogens is 158 g/mol. The summed E-state index contributed by atoms with van der Waals surface area (Å²) < 4.78 is 0. The predicted molar refractivity (Wildman–Crippen MR) is 36.3 cm³/mol. The molecule has 0 saturated carbocycles. The first-order valence-electron chi connectivity index (χ1n) is 2.74. The lowest BCUT2D eigenvalue weighted by atomic mass is 10.4. The van der Waals surface area contributed by atoms with Gasteiger partial charge in [0.15, 0.2) is 0 Å². The zero-order valence-electron chi connectivity index (χ0n) is 5.87. The number of nitrogens with zero attached hydrogens (tertiary/aromatic N) is 1. The van der Waals surface area contributed by atoms with Crippen molar-refractivity contribution in [2.24, 2.45) is 0 Å². The van der Waals surface area contributed by atoms with Crippen molar-refractivity contribution in [3.05, 3.63) is 0 Å². The lowest BCUT2D eigenvalue weighted by Crippen LogP contribution is -2.35. The number of carbonyl (C=O) groups excluding carboxylic acids is 1. The van der Waals surface area contributed by atoms with Crippen LogP contribution in [0.3, 0.4) is 0 Å². The van der Waals surface area contributed by atoms with Gasteiger partial charge in [-0.2, -0.15) is 5.06 Å². The Balaban J connectivity index is 3.89. The second-order valence-corrected chi connectivity index (χ2v) is 2.31. The Bertz CT molecular complexity index is 113. The second-order valence-electron chi connectivity index (χ2n) is 1.66. The number of hydrogen-bond donors (Lipinski definition) is 1. The third-order valence-electron chi connectivity index (χ3n) is 0.935. The number of hydrogen-bond acceptors (Lipinski definition) is 3. The largest absolute Gasteiger partial charge is 0.374 e. The fourth-order valence-electron chi connectivity index (χ4n) is 0.416. The van der Waals surface area contributed by atoms with E-state index >= 15 is 0 Å². The summed E-state index contributed by atoms with van der Waals surface area (Å²) in [5.74, 6) is -0.452.